The van der Waals surface area contributed by atoms with E-state index in [1.54, 1.807) is 31.7 Å². The van der Waals surface area contributed by atoms with Gasteiger partial charge in [0.2, 0.25) is 0 Å². The maximum absolute atomic E-state index is 12.7. The number of aromatic nitrogens is 4. The van der Waals surface area contributed by atoms with E-state index in [4.69, 9.17) is 27.9 Å². The molecule has 0 fully saturated rings. The lowest BCUT2D eigenvalue weighted by Crippen LogP contribution is -2.28. The number of urea groups is 1. The van der Waals surface area contributed by atoms with E-state index in [1.807, 2.05) is 13.8 Å². The molecule has 0 saturated heterocycles. The highest BCUT2D eigenvalue weighted by Crippen LogP contribution is 2.32. The van der Waals surface area contributed by atoms with Gasteiger partial charge in [0.1, 0.15) is 17.0 Å². The molecule has 0 unspecified atom stereocenters. The number of amides is 2. The van der Waals surface area contributed by atoms with Gasteiger partial charge in [-0.1, -0.05) is 23.2 Å². The molecule has 10 nitrogen and oxygen atoms in total. The van der Waals surface area contributed by atoms with Gasteiger partial charge in [0.25, 0.3) is 0 Å². The van der Waals surface area contributed by atoms with Crippen molar-refractivity contribution in [2.45, 2.75) is 25.6 Å². The third-order valence-electron chi connectivity index (χ3n) is 4.68. The van der Waals surface area contributed by atoms with Crippen LogP contribution in [0.4, 0.5) is 16.2 Å². The molecule has 12 heteroatoms. The van der Waals surface area contributed by atoms with Crippen LogP contribution in [0.25, 0.3) is 5.65 Å². The fourth-order valence-corrected chi connectivity index (χ4v) is 3.52. The van der Waals surface area contributed by atoms with E-state index < -0.39 is 17.8 Å². The van der Waals surface area contributed by atoms with Gasteiger partial charge < -0.3 is 15.4 Å². The van der Waals surface area contributed by atoms with Crippen LogP contribution in [0.2, 0.25) is 10.2 Å². The minimum absolute atomic E-state index is 0.277. The Kier molecular flexibility index (Phi) is 5.61. The van der Waals surface area contributed by atoms with E-state index in [2.05, 4.69) is 35.7 Å². The predicted octanol–water partition coefficient (Wildman–Crippen LogP) is 4.11. The molecule has 0 saturated carbocycles. The van der Waals surface area contributed by atoms with Crippen molar-refractivity contribution in [1.29, 1.82) is 0 Å². The fourth-order valence-electron chi connectivity index (χ4n) is 3.08. The molecule has 3 aromatic rings. The maximum Gasteiger partial charge on any atom is 0.323 e. The first-order valence-electron chi connectivity index (χ1n) is 9.17. The van der Waals surface area contributed by atoms with Gasteiger partial charge in [0, 0.05) is 25.6 Å². The number of anilines is 2. The summed E-state index contributed by atoms with van der Waals surface area (Å²) < 4.78 is 7.14. The van der Waals surface area contributed by atoms with Crippen molar-refractivity contribution < 1.29 is 9.53 Å². The summed E-state index contributed by atoms with van der Waals surface area (Å²) in [6.45, 7) is 3.69. The summed E-state index contributed by atoms with van der Waals surface area (Å²) >= 11 is 12.3. The molecule has 160 valence electrons. The molecule has 4 heterocycles. The van der Waals surface area contributed by atoms with Gasteiger partial charge in [-0.15, -0.1) is 0 Å². The number of hydrogen-bond donors (Lipinski definition) is 2. The zero-order valence-corrected chi connectivity index (χ0v) is 18.3. The van der Waals surface area contributed by atoms with Gasteiger partial charge in [-0.2, -0.15) is 5.10 Å². The number of nitrogens with one attached hydrogen (secondary N) is 2. The SMILES string of the molecule is COC(C)(C)c1c(NC(=O)Nc2cnc(C3N=CC=N3)c(Cl)c2)cnc2cc(Cl)nn12. The van der Waals surface area contributed by atoms with Crippen LogP contribution in [0.5, 0.6) is 0 Å². The second-order valence-electron chi connectivity index (χ2n) is 7.11. The molecule has 1 aliphatic heterocycles. The number of methoxy groups -OCH3 is 1. The summed E-state index contributed by atoms with van der Waals surface area (Å²) in [5.41, 5.74) is 1.62. The Morgan fingerprint density at radius 3 is 2.55 bits per heavy atom. The van der Waals surface area contributed by atoms with E-state index in [-0.39, 0.29) is 5.15 Å². The van der Waals surface area contributed by atoms with Gasteiger partial charge in [-0.3, -0.25) is 15.0 Å². The normalized spacial score (nSPS) is 13.8. The topological polar surface area (TPSA) is 118 Å². The minimum Gasteiger partial charge on any atom is -0.372 e. The smallest absolute Gasteiger partial charge is 0.323 e. The largest absolute Gasteiger partial charge is 0.372 e. The van der Waals surface area contributed by atoms with Crippen molar-refractivity contribution in [2.24, 2.45) is 9.98 Å². The van der Waals surface area contributed by atoms with Crippen molar-refractivity contribution in [2.75, 3.05) is 17.7 Å². The Morgan fingerprint density at radius 1 is 1.13 bits per heavy atom. The summed E-state index contributed by atoms with van der Waals surface area (Å²) in [7, 11) is 1.56. The number of halogens is 2. The third-order valence-corrected chi connectivity index (χ3v) is 5.16. The van der Waals surface area contributed by atoms with E-state index in [1.165, 1.54) is 16.9 Å². The van der Waals surface area contributed by atoms with Gasteiger partial charge >= 0.3 is 6.03 Å². The zero-order chi connectivity index (χ0) is 22.2. The highest BCUT2D eigenvalue weighted by atomic mass is 35.5. The summed E-state index contributed by atoms with van der Waals surface area (Å²) in [5, 5.41) is 10.4. The molecule has 4 rings (SSSR count). The molecular weight excluding hydrogens is 443 g/mol. The average Bonchev–Trinajstić information content (AvgIpc) is 3.36. The highest BCUT2D eigenvalue weighted by Gasteiger charge is 2.29. The number of aliphatic imine (C=N–C) groups is 2. The number of fused-ring (bicyclic) bond motifs is 1. The maximum atomic E-state index is 12.7. The van der Waals surface area contributed by atoms with Crippen molar-refractivity contribution in [3.05, 3.63) is 46.1 Å². The lowest BCUT2D eigenvalue weighted by atomic mass is 10.0. The minimum atomic E-state index is -0.798. The van der Waals surface area contributed by atoms with E-state index >= 15 is 0 Å². The van der Waals surface area contributed by atoms with Crippen LogP contribution in [0.1, 0.15) is 31.4 Å². The number of carbonyl (C=O) groups excluding carboxylic acids is 1. The molecule has 2 amide bonds. The van der Waals surface area contributed by atoms with Crippen LogP contribution in [-0.4, -0.2) is 45.2 Å². The van der Waals surface area contributed by atoms with E-state index in [9.17, 15) is 4.79 Å². The van der Waals surface area contributed by atoms with Crippen LogP contribution in [0.3, 0.4) is 0 Å². The highest BCUT2D eigenvalue weighted by molar-refractivity contribution is 6.31. The zero-order valence-electron chi connectivity index (χ0n) is 16.8. The first-order chi connectivity index (χ1) is 14.8. The summed E-state index contributed by atoms with van der Waals surface area (Å²) in [6, 6.07) is 2.69. The lowest BCUT2D eigenvalue weighted by molar-refractivity contribution is 0.0143. The summed E-state index contributed by atoms with van der Waals surface area (Å²) in [5.74, 6) is 0. The second kappa shape index (κ2) is 8.22. The molecule has 0 aliphatic carbocycles. The Balaban J connectivity index is 1.59. The van der Waals surface area contributed by atoms with Crippen LogP contribution in [-0.2, 0) is 10.3 Å². The van der Waals surface area contributed by atoms with Gasteiger partial charge in [0.05, 0.1) is 28.8 Å². The Hall–Kier alpha value is -3.08. The molecule has 0 bridgehead atoms. The molecule has 3 aromatic heterocycles. The number of carbonyl (C=O) groups is 1. The van der Waals surface area contributed by atoms with Crippen molar-refractivity contribution in [1.82, 2.24) is 19.6 Å². The van der Waals surface area contributed by atoms with Gasteiger partial charge in [-0.05, 0) is 19.9 Å². The number of ether oxygens (including phenoxy) is 1. The van der Waals surface area contributed by atoms with Gasteiger partial charge in [-0.25, -0.2) is 14.3 Å². The van der Waals surface area contributed by atoms with Gasteiger partial charge in [0.15, 0.2) is 17.0 Å². The first kappa shape index (κ1) is 21.2. The molecule has 0 radical (unpaired) electrons. The van der Waals surface area contributed by atoms with Crippen molar-refractivity contribution >= 4 is 58.7 Å². The monoisotopic (exact) mass is 460 g/mol. The summed E-state index contributed by atoms with van der Waals surface area (Å²) in [6.07, 6.45) is 5.71. The lowest BCUT2D eigenvalue weighted by Gasteiger charge is -2.26. The molecule has 0 spiro atoms. The molecule has 0 aromatic carbocycles. The standard InChI is InChI=1S/C19H18Cl2N8O2/c1-19(2,31-3)16-12(9-24-14-7-13(21)28-29(14)16)27-18(30)26-10-6-11(20)15(25-8-10)17-22-4-5-23-17/h4-9,17H,1-3H3,(H2,26,27,30). The van der Waals surface area contributed by atoms with Crippen LogP contribution < -0.4 is 10.6 Å². The van der Waals surface area contributed by atoms with Crippen molar-refractivity contribution in [3.63, 3.8) is 0 Å². The average molecular weight is 461 g/mol. The quantitative estimate of drug-likeness (QED) is 0.593. The summed E-state index contributed by atoms with van der Waals surface area (Å²) in [4.78, 5) is 29.5. The van der Waals surface area contributed by atoms with Crippen LogP contribution in [0.15, 0.2) is 34.5 Å². The molecular formula is C19H18Cl2N8O2. The van der Waals surface area contributed by atoms with Crippen molar-refractivity contribution in [3.8, 4) is 0 Å². The molecule has 1 aliphatic rings. The fraction of sp³-hybridized carbons (Fsp3) is 0.263. The predicted molar refractivity (Wildman–Crippen MR) is 120 cm³/mol. The molecule has 31 heavy (non-hydrogen) atoms. The Bertz CT molecular complexity index is 1210. The number of hydrogen-bond acceptors (Lipinski definition) is 7. The second-order valence-corrected chi connectivity index (χ2v) is 7.91. The first-order valence-corrected chi connectivity index (χ1v) is 9.92. The molecule has 0 atom stereocenters. The number of pyridine rings is 1. The van der Waals surface area contributed by atoms with Crippen LogP contribution in [0, 0.1) is 0 Å². The number of rotatable bonds is 5. The third kappa shape index (κ3) is 4.22. The molecule has 2 N–H and O–H groups in total. The number of nitrogens with zero attached hydrogens (tertiary/aromatic N) is 6. The van der Waals surface area contributed by atoms with E-state index in [0.717, 1.165) is 0 Å². The Morgan fingerprint density at radius 2 is 1.87 bits per heavy atom. The van der Waals surface area contributed by atoms with E-state index in [0.29, 0.717) is 33.4 Å². The Labute approximate surface area is 187 Å². The van der Waals surface area contributed by atoms with Crippen LogP contribution >= 0.6 is 23.2 Å².